The second kappa shape index (κ2) is 6.49. The second-order valence-corrected chi connectivity index (χ2v) is 8.83. The molecule has 3 nitrogen and oxygen atoms in total. The molecule has 1 aliphatic rings. The van der Waals surface area contributed by atoms with Crippen molar-refractivity contribution in [2.24, 2.45) is 5.92 Å². The molecule has 0 fully saturated rings. The van der Waals surface area contributed by atoms with Crippen molar-refractivity contribution in [2.75, 3.05) is 12.3 Å². The fourth-order valence-electron chi connectivity index (χ4n) is 3.46. The van der Waals surface area contributed by atoms with E-state index in [0.717, 1.165) is 12.1 Å². The first-order valence-corrected chi connectivity index (χ1v) is 9.62. The Balaban J connectivity index is 2.43. The summed E-state index contributed by atoms with van der Waals surface area (Å²) in [4.78, 5) is 0. The average Bonchev–Trinajstić information content (AvgIpc) is 2.40. The molecule has 1 aromatic carbocycles. The minimum absolute atomic E-state index is 0.0776. The van der Waals surface area contributed by atoms with E-state index in [1.807, 2.05) is 32.9 Å². The van der Waals surface area contributed by atoms with Gasteiger partial charge in [-0.3, -0.25) is 0 Å². The van der Waals surface area contributed by atoms with Crippen LogP contribution >= 0.6 is 0 Å². The van der Waals surface area contributed by atoms with E-state index < -0.39 is 9.84 Å². The molecule has 3 unspecified atom stereocenters. The molecule has 1 aromatic rings. The van der Waals surface area contributed by atoms with Crippen LogP contribution in [0.3, 0.4) is 0 Å². The maximum atomic E-state index is 12.8. The molecule has 0 bridgehead atoms. The van der Waals surface area contributed by atoms with Crippen molar-refractivity contribution in [3.8, 4) is 0 Å². The van der Waals surface area contributed by atoms with E-state index in [0.29, 0.717) is 12.3 Å². The van der Waals surface area contributed by atoms with Gasteiger partial charge < -0.3 is 5.32 Å². The van der Waals surface area contributed by atoms with E-state index in [9.17, 15) is 8.42 Å². The van der Waals surface area contributed by atoms with Crippen LogP contribution in [0.4, 0.5) is 0 Å². The maximum Gasteiger partial charge on any atom is 0.155 e. The van der Waals surface area contributed by atoms with Crippen LogP contribution in [-0.2, 0) is 9.84 Å². The third-order valence-corrected chi connectivity index (χ3v) is 6.79. The van der Waals surface area contributed by atoms with Crippen LogP contribution in [0.15, 0.2) is 24.3 Å². The van der Waals surface area contributed by atoms with E-state index in [-0.39, 0.29) is 23.0 Å². The van der Waals surface area contributed by atoms with Gasteiger partial charge in [-0.1, -0.05) is 52.0 Å². The van der Waals surface area contributed by atoms with Crippen LogP contribution in [0, 0.1) is 5.92 Å². The third-order valence-electron chi connectivity index (χ3n) is 4.27. The molecular weight excluding hydrogens is 282 g/mol. The van der Waals surface area contributed by atoms with Crippen LogP contribution in [0.2, 0.25) is 0 Å². The Hall–Kier alpha value is -0.870. The summed E-state index contributed by atoms with van der Waals surface area (Å²) >= 11 is 0. The minimum Gasteiger partial charge on any atom is -0.309 e. The summed E-state index contributed by atoms with van der Waals surface area (Å²) in [5.41, 5.74) is 2.45. The maximum absolute atomic E-state index is 12.8. The quantitative estimate of drug-likeness (QED) is 0.908. The van der Waals surface area contributed by atoms with Crippen LogP contribution < -0.4 is 5.32 Å². The molecule has 21 heavy (non-hydrogen) atoms. The summed E-state index contributed by atoms with van der Waals surface area (Å²) in [6.45, 7) is 8.90. The predicted molar refractivity (Wildman–Crippen MR) is 88.3 cm³/mol. The van der Waals surface area contributed by atoms with Crippen LogP contribution in [0.1, 0.15) is 57.2 Å². The highest BCUT2D eigenvalue weighted by Gasteiger charge is 2.40. The van der Waals surface area contributed by atoms with Crippen molar-refractivity contribution in [2.45, 2.75) is 51.3 Å². The van der Waals surface area contributed by atoms with E-state index in [1.165, 1.54) is 5.56 Å². The number of hydrogen-bond donors (Lipinski definition) is 1. The average molecular weight is 309 g/mol. The number of nitrogens with one attached hydrogen (secondary N) is 1. The molecule has 0 aromatic heterocycles. The van der Waals surface area contributed by atoms with Crippen molar-refractivity contribution in [1.29, 1.82) is 0 Å². The SMILES string of the molecule is CCNC1c2ccccc2C(C)CC1S(=O)(=O)CC(C)C. The molecule has 0 amide bonds. The monoisotopic (exact) mass is 309 g/mol. The van der Waals surface area contributed by atoms with Gasteiger partial charge in [0.1, 0.15) is 0 Å². The molecule has 0 heterocycles. The summed E-state index contributed by atoms with van der Waals surface area (Å²) in [6, 6.07) is 8.19. The van der Waals surface area contributed by atoms with E-state index in [1.54, 1.807) is 0 Å². The molecule has 0 spiro atoms. The minimum atomic E-state index is -3.09. The Morgan fingerprint density at radius 2 is 1.86 bits per heavy atom. The number of fused-ring (bicyclic) bond motifs is 1. The Morgan fingerprint density at radius 1 is 1.24 bits per heavy atom. The number of benzene rings is 1. The van der Waals surface area contributed by atoms with Gasteiger partial charge in [0, 0.05) is 6.04 Å². The van der Waals surface area contributed by atoms with Crippen molar-refractivity contribution >= 4 is 9.84 Å². The van der Waals surface area contributed by atoms with Gasteiger partial charge in [0.25, 0.3) is 0 Å². The van der Waals surface area contributed by atoms with Crippen LogP contribution in [0.25, 0.3) is 0 Å². The van der Waals surface area contributed by atoms with Crippen molar-refractivity contribution < 1.29 is 8.42 Å². The lowest BCUT2D eigenvalue weighted by Crippen LogP contribution is -2.43. The second-order valence-electron chi connectivity index (χ2n) is 6.56. The van der Waals surface area contributed by atoms with Gasteiger partial charge in [-0.2, -0.15) is 0 Å². The van der Waals surface area contributed by atoms with E-state index in [4.69, 9.17) is 0 Å². The molecule has 4 heteroatoms. The summed E-state index contributed by atoms with van der Waals surface area (Å²) in [5.74, 6) is 0.738. The molecule has 0 saturated heterocycles. The predicted octanol–water partition coefficient (Wildman–Crippen LogP) is 3.28. The molecule has 0 radical (unpaired) electrons. The topological polar surface area (TPSA) is 46.2 Å². The number of rotatable bonds is 5. The lowest BCUT2D eigenvalue weighted by molar-refractivity contribution is 0.429. The van der Waals surface area contributed by atoms with Crippen molar-refractivity contribution in [3.05, 3.63) is 35.4 Å². The van der Waals surface area contributed by atoms with Crippen molar-refractivity contribution in [3.63, 3.8) is 0 Å². The fraction of sp³-hybridized carbons (Fsp3) is 0.647. The highest BCUT2D eigenvalue weighted by Crippen LogP contribution is 2.40. The van der Waals surface area contributed by atoms with E-state index in [2.05, 4.69) is 24.4 Å². The summed E-state index contributed by atoms with van der Waals surface area (Å²) in [6.07, 6.45) is 0.712. The summed E-state index contributed by atoms with van der Waals surface area (Å²) in [7, 11) is -3.09. The first-order chi connectivity index (χ1) is 9.86. The highest BCUT2D eigenvalue weighted by atomic mass is 32.2. The Kier molecular flexibility index (Phi) is 5.10. The first-order valence-electron chi connectivity index (χ1n) is 7.90. The van der Waals surface area contributed by atoms with Gasteiger partial charge in [-0.05, 0) is 35.9 Å². The highest BCUT2D eigenvalue weighted by molar-refractivity contribution is 7.92. The molecule has 3 atom stereocenters. The van der Waals surface area contributed by atoms with E-state index >= 15 is 0 Å². The van der Waals surface area contributed by atoms with Gasteiger partial charge in [0.05, 0.1) is 11.0 Å². The molecule has 0 saturated carbocycles. The lowest BCUT2D eigenvalue weighted by atomic mass is 9.80. The standard InChI is InChI=1S/C17H27NO2S/c1-5-18-17-15-9-7-6-8-14(15)13(4)10-16(17)21(19,20)11-12(2)3/h6-9,12-13,16-18H,5,10-11H2,1-4H3. The normalized spacial score (nSPS) is 25.9. The van der Waals surface area contributed by atoms with Gasteiger partial charge >= 0.3 is 0 Å². The first kappa shape index (κ1) is 16.5. The fourth-order valence-corrected chi connectivity index (χ4v) is 5.87. The Bertz CT molecular complexity index is 580. The zero-order valence-corrected chi connectivity index (χ0v) is 14.3. The zero-order valence-electron chi connectivity index (χ0n) is 13.5. The summed E-state index contributed by atoms with van der Waals surface area (Å²) < 4.78 is 25.6. The number of sulfone groups is 1. The molecule has 2 rings (SSSR count). The molecule has 118 valence electrons. The van der Waals surface area contributed by atoms with Gasteiger partial charge in [0.2, 0.25) is 0 Å². The van der Waals surface area contributed by atoms with Gasteiger partial charge in [0.15, 0.2) is 9.84 Å². The Morgan fingerprint density at radius 3 is 2.43 bits per heavy atom. The Labute approximate surface area is 129 Å². The third kappa shape index (κ3) is 3.49. The molecule has 1 aliphatic carbocycles. The van der Waals surface area contributed by atoms with Crippen LogP contribution in [0.5, 0.6) is 0 Å². The van der Waals surface area contributed by atoms with Crippen molar-refractivity contribution in [1.82, 2.24) is 5.32 Å². The molecule has 0 aliphatic heterocycles. The zero-order chi connectivity index (χ0) is 15.6. The molecular formula is C17H27NO2S. The van der Waals surface area contributed by atoms with Gasteiger partial charge in [-0.25, -0.2) is 8.42 Å². The van der Waals surface area contributed by atoms with Gasteiger partial charge in [-0.15, -0.1) is 0 Å². The smallest absolute Gasteiger partial charge is 0.155 e. The summed E-state index contributed by atoms with van der Waals surface area (Å²) in [5, 5.41) is 3.10. The molecule has 1 N–H and O–H groups in total. The van der Waals surface area contributed by atoms with Crippen LogP contribution in [-0.4, -0.2) is 26.0 Å². The largest absolute Gasteiger partial charge is 0.309 e. The number of hydrogen-bond acceptors (Lipinski definition) is 3. The lowest BCUT2D eigenvalue weighted by Gasteiger charge is -2.37.